The number of hydrogen-bond donors (Lipinski definition) is 1. The highest BCUT2D eigenvalue weighted by Gasteiger charge is 2.34. The van der Waals surface area contributed by atoms with Gasteiger partial charge in [0.05, 0.1) is 30.0 Å². The molecule has 2 aromatic carbocycles. The van der Waals surface area contributed by atoms with Crippen LogP contribution in [-0.2, 0) is 16.1 Å². The zero-order chi connectivity index (χ0) is 23.9. The first-order valence-corrected chi connectivity index (χ1v) is 11.4. The molecule has 1 aliphatic heterocycles. The first-order chi connectivity index (χ1) is 16.5. The first-order valence-electron chi connectivity index (χ1n) is 10.6. The van der Waals surface area contributed by atoms with E-state index >= 15 is 0 Å². The van der Waals surface area contributed by atoms with Crippen molar-refractivity contribution < 1.29 is 23.5 Å². The summed E-state index contributed by atoms with van der Waals surface area (Å²) in [5.74, 6) is 0.759. The molecule has 1 aromatic heterocycles. The van der Waals surface area contributed by atoms with Crippen LogP contribution in [0.4, 0.5) is 5.69 Å². The van der Waals surface area contributed by atoms with Gasteiger partial charge in [0, 0.05) is 0 Å². The van der Waals surface area contributed by atoms with Gasteiger partial charge in [0.25, 0.3) is 11.8 Å². The number of furan rings is 1. The zero-order valence-electron chi connectivity index (χ0n) is 18.5. The number of nitrogens with two attached hydrogens (primary N) is 1. The molecule has 1 saturated heterocycles. The van der Waals surface area contributed by atoms with Crippen LogP contribution in [0.3, 0.4) is 0 Å². The molecule has 3 aromatic rings. The second-order valence-corrected chi connectivity index (χ2v) is 8.21. The number of para-hydroxylation sites is 1. The Bertz CT molecular complexity index is 1220. The Balaban J connectivity index is 1.64. The number of nitrogens with zero attached hydrogens (tertiary/aromatic N) is 2. The third-order valence-corrected chi connectivity index (χ3v) is 5.71. The maximum Gasteiger partial charge on any atom is 0.267 e. The summed E-state index contributed by atoms with van der Waals surface area (Å²) >= 11 is 1.29. The normalized spacial score (nSPS) is 15.8. The van der Waals surface area contributed by atoms with Crippen molar-refractivity contribution in [2.45, 2.75) is 13.5 Å². The molecule has 8 nitrogen and oxygen atoms in total. The van der Waals surface area contributed by atoms with Crippen molar-refractivity contribution >= 4 is 40.5 Å². The molecule has 1 fully saturated rings. The fourth-order valence-electron chi connectivity index (χ4n) is 3.20. The third kappa shape index (κ3) is 5.68. The summed E-state index contributed by atoms with van der Waals surface area (Å²) in [6, 6.07) is 18.3. The van der Waals surface area contributed by atoms with Gasteiger partial charge in [-0.3, -0.25) is 14.5 Å². The topological polar surface area (TPSA) is 107 Å². The molecular formula is C25H23N3O5S. The zero-order valence-corrected chi connectivity index (χ0v) is 19.3. The van der Waals surface area contributed by atoms with Gasteiger partial charge in [-0.15, -0.1) is 0 Å². The van der Waals surface area contributed by atoms with Gasteiger partial charge in [0.2, 0.25) is 0 Å². The number of ether oxygens (including phenoxy) is 2. The minimum atomic E-state index is -0.580. The van der Waals surface area contributed by atoms with Crippen molar-refractivity contribution in [2.75, 3.05) is 13.2 Å². The lowest BCUT2D eigenvalue weighted by Gasteiger charge is -2.13. The van der Waals surface area contributed by atoms with Gasteiger partial charge in [0.15, 0.2) is 23.3 Å². The van der Waals surface area contributed by atoms with Crippen molar-refractivity contribution in [1.29, 1.82) is 0 Å². The first kappa shape index (κ1) is 23.2. The summed E-state index contributed by atoms with van der Waals surface area (Å²) in [6.45, 7) is 2.27. The Labute approximate surface area is 201 Å². The van der Waals surface area contributed by atoms with E-state index in [2.05, 4.69) is 4.99 Å². The van der Waals surface area contributed by atoms with Crippen molar-refractivity contribution in [3.05, 3.63) is 83.2 Å². The van der Waals surface area contributed by atoms with E-state index in [0.717, 1.165) is 11.3 Å². The lowest BCUT2D eigenvalue weighted by molar-refractivity contribution is -0.123. The third-order valence-electron chi connectivity index (χ3n) is 4.70. The van der Waals surface area contributed by atoms with Crippen molar-refractivity contribution in [1.82, 2.24) is 4.90 Å². The van der Waals surface area contributed by atoms with Crippen LogP contribution in [0.1, 0.15) is 18.2 Å². The minimum absolute atomic E-state index is 0.178. The number of thioether (sulfide) groups is 1. The average Bonchev–Trinajstić information content (AvgIpc) is 3.44. The smallest absolute Gasteiger partial charge is 0.267 e. The van der Waals surface area contributed by atoms with Gasteiger partial charge >= 0.3 is 0 Å². The molecule has 4 rings (SSSR count). The largest absolute Gasteiger partial charge is 0.490 e. The number of carbonyl (C=O) groups is 2. The molecule has 0 bridgehead atoms. The molecule has 9 heteroatoms. The van der Waals surface area contributed by atoms with Crippen molar-refractivity contribution in [2.24, 2.45) is 10.7 Å². The van der Waals surface area contributed by atoms with E-state index in [-0.39, 0.29) is 19.1 Å². The molecule has 34 heavy (non-hydrogen) atoms. The molecule has 174 valence electrons. The molecule has 0 unspecified atom stereocenters. The SMILES string of the molecule is CCOc1cc(/C=C2/SC(=Nc3ccccc3)N(Cc3ccco3)C2=O)ccc1OCC(N)=O. The van der Waals surface area contributed by atoms with E-state index in [9.17, 15) is 9.59 Å². The number of hydrogen-bond acceptors (Lipinski definition) is 7. The fraction of sp³-hybridized carbons (Fsp3) is 0.160. The van der Waals surface area contributed by atoms with Crippen molar-refractivity contribution in [3.8, 4) is 11.5 Å². The van der Waals surface area contributed by atoms with Crippen molar-refractivity contribution in [3.63, 3.8) is 0 Å². The summed E-state index contributed by atoms with van der Waals surface area (Å²) in [7, 11) is 0. The van der Waals surface area contributed by atoms with Gasteiger partial charge in [-0.05, 0) is 66.7 Å². The molecule has 1 aliphatic rings. The van der Waals surface area contributed by atoms with Crippen LogP contribution in [0.15, 0.2) is 81.2 Å². The van der Waals surface area contributed by atoms with E-state index < -0.39 is 5.91 Å². The minimum Gasteiger partial charge on any atom is -0.490 e. The van der Waals surface area contributed by atoms with Gasteiger partial charge in [-0.25, -0.2) is 4.99 Å². The highest BCUT2D eigenvalue weighted by Crippen LogP contribution is 2.36. The van der Waals surface area contributed by atoms with Gasteiger partial charge in [-0.2, -0.15) is 0 Å². The van der Waals surface area contributed by atoms with Crippen LogP contribution < -0.4 is 15.2 Å². The molecule has 0 saturated carbocycles. The lowest BCUT2D eigenvalue weighted by Crippen LogP contribution is -2.28. The quantitative estimate of drug-likeness (QED) is 0.459. The van der Waals surface area contributed by atoms with E-state index in [1.165, 1.54) is 11.8 Å². The van der Waals surface area contributed by atoms with E-state index in [0.29, 0.717) is 33.9 Å². The molecule has 2 N–H and O–H groups in total. The molecule has 0 radical (unpaired) electrons. The summed E-state index contributed by atoms with van der Waals surface area (Å²) < 4.78 is 16.5. The van der Waals surface area contributed by atoms with Crippen LogP contribution >= 0.6 is 11.8 Å². The summed E-state index contributed by atoms with van der Waals surface area (Å²) in [6.07, 6.45) is 3.35. The summed E-state index contributed by atoms with van der Waals surface area (Å²) in [4.78, 5) is 31.1. The number of aliphatic imine (C=N–C) groups is 1. The predicted molar refractivity (Wildman–Crippen MR) is 131 cm³/mol. The van der Waals surface area contributed by atoms with Crippen LogP contribution in [0.2, 0.25) is 0 Å². The fourth-order valence-corrected chi connectivity index (χ4v) is 4.20. The van der Waals surface area contributed by atoms with Crippen LogP contribution in [-0.4, -0.2) is 35.1 Å². The number of benzene rings is 2. The lowest BCUT2D eigenvalue weighted by atomic mass is 10.2. The number of primary amides is 1. The number of rotatable bonds is 9. The molecular weight excluding hydrogens is 454 g/mol. The molecule has 0 spiro atoms. The van der Waals surface area contributed by atoms with Gasteiger partial charge in [0.1, 0.15) is 5.76 Å². The van der Waals surface area contributed by atoms with Crippen LogP contribution in [0.25, 0.3) is 6.08 Å². The Morgan fingerprint density at radius 3 is 2.65 bits per heavy atom. The van der Waals surface area contributed by atoms with E-state index in [1.807, 2.05) is 43.3 Å². The second kappa shape index (κ2) is 10.8. The Morgan fingerprint density at radius 1 is 1.12 bits per heavy atom. The van der Waals surface area contributed by atoms with E-state index in [4.69, 9.17) is 19.6 Å². The maximum atomic E-state index is 13.3. The van der Waals surface area contributed by atoms with Crippen LogP contribution in [0.5, 0.6) is 11.5 Å². The van der Waals surface area contributed by atoms with Gasteiger partial charge in [-0.1, -0.05) is 24.3 Å². The van der Waals surface area contributed by atoms with Gasteiger partial charge < -0.3 is 19.6 Å². The highest BCUT2D eigenvalue weighted by atomic mass is 32.2. The molecule has 0 aliphatic carbocycles. The highest BCUT2D eigenvalue weighted by molar-refractivity contribution is 8.18. The molecule has 0 atom stereocenters. The maximum absolute atomic E-state index is 13.3. The predicted octanol–water partition coefficient (Wildman–Crippen LogP) is 4.35. The van der Waals surface area contributed by atoms with E-state index in [1.54, 1.807) is 41.5 Å². The molecule has 2 heterocycles. The Hall–Kier alpha value is -3.98. The second-order valence-electron chi connectivity index (χ2n) is 7.21. The summed E-state index contributed by atoms with van der Waals surface area (Å²) in [5, 5.41) is 0.560. The Morgan fingerprint density at radius 2 is 1.94 bits per heavy atom. The number of amides is 2. The monoisotopic (exact) mass is 477 g/mol. The Kier molecular flexibility index (Phi) is 7.34. The summed E-state index contributed by atoms with van der Waals surface area (Å²) in [5.41, 5.74) is 6.66. The molecule has 2 amide bonds. The standard InChI is InChI=1S/C25H23N3O5S/c1-2-31-21-13-17(10-11-20(21)33-16-23(26)29)14-22-24(30)28(15-19-9-6-12-32-19)25(34-22)27-18-7-4-3-5-8-18/h3-14H,2,15-16H2,1H3,(H2,26,29)/b22-14+,27-25?. The van der Waals surface area contributed by atoms with Crippen LogP contribution in [0, 0.1) is 0 Å². The number of carbonyl (C=O) groups excluding carboxylic acids is 2. The average molecular weight is 478 g/mol. The number of amidine groups is 1.